The van der Waals surface area contributed by atoms with Crippen molar-refractivity contribution in [3.63, 3.8) is 0 Å². The quantitative estimate of drug-likeness (QED) is 0.592. The fourth-order valence-electron chi connectivity index (χ4n) is 1.88. The van der Waals surface area contributed by atoms with Crippen LogP contribution in [-0.2, 0) is 29.1 Å². The summed E-state index contributed by atoms with van der Waals surface area (Å²) in [6.45, 7) is 3.34. The second-order valence-corrected chi connectivity index (χ2v) is 6.23. The Morgan fingerprint density at radius 2 is 1.78 bits per heavy atom. The van der Waals surface area contributed by atoms with Crippen LogP contribution < -0.4 is 10.5 Å². The van der Waals surface area contributed by atoms with Crippen LogP contribution in [0.5, 0.6) is 0 Å². The van der Waals surface area contributed by atoms with Gasteiger partial charge in [0.15, 0.2) is 0 Å². The van der Waals surface area contributed by atoms with Gasteiger partial charge in [0.1, 0.15) is 10.6 Å². The molecular formula is C14H18N2O6S. The number of sulfonamides is 1. The monoisotopic (exact) mass is 342 g/mol. The first-order valence-corrected chi connectivity index (χ1v) is 7.93. The molecule has 0 bridgehead atoms. The third-order valence-electron chi connectivity index (χ3n) is 2.88. The minimum absolute atomic E-state index is 0.0821. The Balaban J connectivity index is 3.48. The Morgan fingerprint density at radius 3 is 2.26 bits per heavy atom. The number of aryl methyl sites for hydroxylation is 2. The molecule has 0 spiro atoms. The molecule has 0 aliphatic carbocycles. The highest BCUT2D eigenvalue weighted by Crippen LogP contribution is 2.27. The maximum Gasteiger partial charge on any atom is 0.354 e. The predicted octanol–water partition coefficient (Wildman–Crippen LogP) is 0.593. The molecule has 0 atom stereocenters. The molecule has 0 aromatic heterocycles. The number of carbonyl (C=O) groups excluding carboxylic acids is 2. The van der Waals surface area contributed by atoms with Crippen molar-refractivity contribution in [1.29, 1.82) is 0 Å². The molecule has 0 aliphatic rings. The van der Waals surface area contributed by atoms with E-state index in [1.165, 1.54) is 6.07 Å². The molecule has 126 valence electrons. The fourth-order valence-corrected chi connectivity index (χ4v) is 2.73. The summed E-state index contributed by atoms with van der Waals surface area (Å²) in [6, 6.07) is 3.06. The zero-order valence-corrected chi connectivity index (χ0v) is 14.0. The number of primary sulfonamides is 1. The Kier molecular flexibility index (Phi) is 5.88. The van der Waals surface area contributed by atoms with E-state index in [0.29, 0.717) is 11.1 Å². The maximum absolute atomic E-state index is 11.8. The minimum atomic E-state index is -4.05. The second kappa shape index (κ2) is 7.25. The van der Waals surface area contributed by atoms with E-state index in [1.54, 1.807) is 19.9 Å². The third-order valence-corrected chi connectivity index (χ3v) is 3.81. The van der Waals surface area contributed by atoms with Crippen molar-refractivity contribution in [2.75, 3.05) is 19.5 Å². The zero-order valence-electron chi connectivity index (χ0n) is 13.2. The molecule has 8 nitrogen and oxygen atoms in total. The number of hydrogen-bond donors (Lipinski definition) is 2. The summed E-state index contributed by atoms with van der Waals surface area (Å²) < 4.78 is 32.6. The number of hydrogen-bond acceptors (Lipinski definition) is 7. The number of rotatable bonds is 5. The van der Waals surface area contributed by atoms with Crippen molar-refractivity contribution >= 4 is 27.6 Å². The van der Waals surface area contributed by atoms with Gasteiger partial charge in [-0.1, -0.05) is 6.07 Å². The smallest absolute Gasteiger partial charge is 0.354 e. The van der Waals surface area contributed by atoms with Crippen LogP contribution in [0.25, 0.3) is 0 Å². The first kappa shape index (κ1) is 18.7. The average Bonchev–Trinajstić information content (AvgIpc) is 2.46. The summed E-state index contributed by atoms with van der Waals surface area (Å²) >= 11 is 0. The van der Waals surface area contributed by atoms with Crippen molar-refractivity contribution in [3.8, 4) is 0 Å². The van der Waals surface area contributed by atoms with E-state index >= 15 is 0 Å². The second-order valence-electron chi connectivity index (χ2n) is 4.70. The van der Waals surface area contributed by atoms with Crippen LogP contribution in [0.15, 0.2) is 28.8 Å². The van der Waals surface area contributed by atoms with E-state index in [1.807, 2.05) is 0 Å². The Bertz CT molecular complexity index is 768. The summed E-state index contributed by atoms with van der Waals surface area (Å²) in [5, 5.41) is 7.80. The van der Waals surface area contributed by atoms with Crippen molar-refractivity contribution in [2.24, 2.45) is 5.14 Å². The molecule has 0 saturated carbocycles. The van der Waals surface area contributed by atoms with E-state index in [2.05, 4.69) is 14.8 Å². The van der Waals surface area contributed by atoms with Gasteiger partial charge in [0.2, 0.25) is 10.0 Å². The minimum Gasteiger partial charge on any atom is -0.466 e. The van der Waals surface area contributed by atoms with Crippen molar-refractivity contribution < 1.29 is 27.5 Å². The summed E-state index contributed by atoms with van der Waals surface area (Å²) in [6.07, 6.45) is 0.859. The van der Waals surface area contributed by atoms with Crippen LogP contribution in [0.2, 0.25) is 0 Å². The number of methoxy groups -OCH3 is 2. The van der Waals surface area contributed by atoms with Crippen LogP contribution in [-0.4, -0.2) is 34.6 Å². The van der Waals surface area contributed by atoms with Gasteiger partial charge in [-0.15, -0.1) is 0 Å². The third kappa shape index (κ3) is 4.80. The van der Waals surface area contributed by atoms with Crippen LogP contribution in [0.1, 0.15) is 11.1 Å². The molecule has 23 heavy (non-hydrogen) atoms. The number of benzene rings is 1. The van der Waals surface area contributed by atoms with Gasteiger partial charge in [-0.25, -0.2) is 23.1 Å². The first-order valence-electron chi connectivity index (χ1n) is 6.39. The number of ether oxygens (including phenoxy) is 2. The van der Waals surface area contributed by atoms with Crippen LogP contribution in [0.4, 0.5) is 5.69 Å². The normalized spacial score (nSPS) is 11.8. The number of esters is 2. The lowest BCUT2D eigenvalue weighted by molar-refractivity contribution is -0.138. The first-order chi connectivity index (χ1) is 10.6. The van der Waals surface area contributed by atoms with Gasteiger partial charge in [0, 0.05) is 0 Å². The van der Waals surface area contributed by atoms with E-state index in [4.69, 9.17) is 5.14 Å². The Labute approximate surface area is 134 Å². The molecule has 0 heterocycles. The summed E-state index contributed by atoms with van der Waals surface area (Å²) in [7, 11) is -1.79. The predicted molar refractivity (Wildman–Crippen MR) is 83.0 cm³/mol. The van der Waals surface area contributed by atoms with E-state index in [9.17, 15) is 18.0 Å². The maximum atomic E-state index is 11.8. The topological polar surface area (TPSA) is 125 Å². The lowest BCUT2D eigenvalue weighted by Gasteiger charge is -2.16. The zero-order chi connectivity index (χ0) is 17.8. The van der Waals surface area contributed by atoms with E-state index in [0.717, 1.165) is 20.3 Å². The van der Waals surface area contributed by atoms with Crippen LogP contribution in [0, 0.1) is 13.8 Å². The molecule has 0 unspecified atom stereocenters. The van der Waals surface area contributed by atoms with Gasteiger partial charge in [0.25, 0.3) is 0 Å². The number of carbonyl (C=O) groups is 2. The molecule has 0 aliphatic heterocycles. The molecule has 0 saturated heterocycles. The highest BCUT2D eigenvalue weighted by molar-refractivity contribution is 7.89. The molecular weight excluding hydrogens is 324 g/mol. The highest BCUT2D eigenvalue weighted by Gasteiger charge is 2.21. The largest absolute Gasteiger partial charge is 0.466 e. The molecule has 0 fully saturated rings. The number of nitrogens with one attached hydrogen (secondary N) is 1. The molecule has 1 aromatic carbocycles. The Hall–Kier alpha value is -2.39. The standard InChI is InChI=1S/C14H18N2O6S/c1-8-5-9(2)13(11(6-8)23(15,19)20)16-10(14(18)22-4)7-12(17)21-3/h5-7,16H,1-4H3,(H2,15,19,20)/b10-7+. The SMILES string of the molecule is COC(=O)/C=C(/Nc1c(C)cc(C)cc1S(N)(=O)=O)C(=O)OC. The molecule has 1 aromatic rings. The molecule has 9 heteroatoms. The van der Waals surface area contributed by atoms with Crippen molar-refractivity contribution in [2.45, 2.75) is 18.7 Å². The Morgan fingerprint density at radius 1 is 1.17 bits per heavy atom. The summed E-state index contributed by atoms with van der Waals surface area (Å²) in [5.74, 6) is -1.67. The van der Waals surface area contributed by atoms with E-state index in [-0.39, 0.29) is 16.3 Å². The number of anilines is 1. The lowest BCUT2D eigenvalue weighted by Crippen LogP contribution is -2.20. The van der Waals surface area contributed by atoms with E-state index < -0.39 is 22.0 Å². The van der Waals surface area contributed by atoms with Crippen molar-refractivity contribution in [3.05, 3.63) is 35.0 Å². The van der Waals surface area contributed by atoms with Gasteiger partial charge >= 0.3 is 11.9 Å². The number of nitrogens with two attached hydrogens (primary N) is 1. The van der Waals surface area contributed by atoms with Gasteiger partial charge in [-0.05, 0) is 31.0 Å². The van der Waals surface area contributed by atoms with Gasteiger partial charge < -0.3 is 14.8 Å². The molecule has 1 rings (SSSR count). The van der Waals surface area contributed by atoms with Gasteiger partial charge in [0.05, 0.1) is 26.0 Å². The fraction of sp³-hybridized carbons (Fsp3) is 0.286. The van der Waals surface area contributed by atoms with Crippen molar-refractivity contribution in [1.82, 2.24) is 0 Å². The molecule has 0 amide bonds. The highest BCUT2D eigenvalue weighted by atomic mass is 32.2. The lowest BCUT2D eigenvalue weighted by atomic mass is 10.1. The average molecular weight is 342 g/mol. The van der Waals surface area contributed by atoms with Gasteiger partial charge in [-0.3, -0.25) is 0 Å². The van der Waals surface area contributed by atoms with Crippen LogP contribution in [0.3, 0.4) is 0 Å². The molecule has 3 N–H and O–H groups in total. The summed E-state index contributed by atoms with van der Waals surface area (Å²) in [5.41, 5.74) is 0.997. The van der Waals surface area contributed by atoms with Gasteiger partial charge in [-0.2, -0.15) is 0 Å². The molecule has 0 radical (unpaired) electrons. The summed E-state index contributed by atoms with van der Waals surface area (Å²) in [4.78, 5) is 22.9. The van der Waals surface area contributed by atoms with Crippen LogP contribution >= 0.6 is 0 Å².